The first kappa shape index (κ1) is 20.9. The molecule has 1 spiro atoms. The minimum absolute atomic E-state index is 0.144. The summed E-state index contributed by atoms with van der Waals surface area (Å²) in [5, 5.41) is 3.98. The molecule has 2 aliphatic rings. The normalized spacial score (nSPS) is 19.5. The molecule has 1 saturated heterocycles. The van der Waals surface area contributed by atoms with Crippen LogP contribution in [0.4, 0.5) is 4.39 Å². The lowest BCUT2D eigenvalue weighted by Gasteiger charge is -2.46. The number of amides is 1. The molecule has 3 heterocycles. The molecule has 2 aromatic carbocycles. The van der Waals surface area contributed by atoms with Crippen LogP contribution in [0.1, 0.15) is 29.0 Å². The van der Waals surface area contributed by atoms with Gasteiger partial charge in [0.25, 0.3) is 5.91 Å². The standard InChI is InChI=1S/C25H23FN4O3/c1-28-23-18-4-2-3-5-21(18)32-25(19(23)15-27)10-12-30(13-11-25)24(31)22-14-20(29-33-22)16-6-8-17(26)9-7-16/h2-9,14-15H,10-13,27H2,1H3. The number of nitrogens with zero attached hydrogens (tertiary/aromatic N) is 3. The number of piperidine rings is 1. The molecule has 5 rings (SSSR count). The minimum Gasteiger partial charge on any atom is -0.482 e. The highest BCUT2D eigenvalue weighted by atomic mass is 19.1. The van der Waals surface area contributed by atoms with Crippen LogP contribution in [0.5, 0.6) is 5.75 Å². The molecule has 2 N–H and O–H groups in total. The largest absolute Gasteiger partial charge is 0.482 e. The van der Waals surface area contributed by atoms with E-state index in [2.05, 4.69) is 10.1 Å². The van der Waals surface area contributed by atoms with Crippen LogP contribution in [0.25, 0.3) is 11.3 Å². The van der Waals surface area contributed by atoms with Crippen molar-refractivity contribution < 1.29 is 18.4 Å². The van der Waals surface area contributed by atoms with Crippen molar-refractivity contribution in [2.45, 2.75) is 18.4 Å². The summed E-state index contributed by atoms with van der Waals surface area (Å²) >= 11 is 0. The Kier molecular flexibility index (Phi) is 5.20. The number of halogens is 1. The molecule has 168 valence electrons. The summed E-state index contributed by atoms with van der Waals surface area (Å²) in [7, 11) is 1.75. The molecule has 0 saturated carbocycles. The average Bonchev–Trinajstić information content (AvgIpc) is 3.34. The summed E-state index contributed by atoms with van der Waals surface area (Å²) < 4.78 is 25.0. The zero-order valence-electron chi connectivity index (χ0n) is 18.1. The second-order valence-corrected chi connectivity index (χ2v) is 8.12. The van der Waals surface area contributed by atoms with E-state index in [1.54, 1.807) is 36.3 Å². The van der Waals surface area contributed by atoms with E-state index in [0.29, 0.717) is 37.2 Å². The quantitative estimate of drug-likeness (QED) is 0.646. The average molecular weight is 446 g/mol. The van der Waals surface area contributed by atoms with Gasteiger partial charge in [-0.25, -0.2) is 4.39 Å². The summed E-state index contributed by atoms with van der Waals surface area (Å²) in [4.78, 5) is 19.3. The van der Waals surface area contributed by atoms with Gasteiger partial charge < -0.3 is 19.9 Å². The molecule has 8 heteroatoms. The molecule has 7 nitrogen and oxygen atoms in total. The maximum absolute atomic E-state index is 13.2. The first-order chi connectivity index (χ1) is 16.0. The third-order valence-electron chi connectivity index (χ3n) is 6.30. The van der Waals surface area contributed by atoms with E-state index in [1.165, 1.54) is 12.1 Å². The highest BCUT2D eigenvalue weighted by molar-refractivity contribution is 6.16. The van der Waals surface area contributed by atoms with Crippen LogP contribution < -0.4 is 10.5 Å². The van der Waals surface area contributed by atoms with Gasteiger partial charge >= 0.3 is 0 Å². The summed E-state index contributed by atoms with van der Waals surface area (Å²) in [6, 6.07) is 15.2. The number of benzene rings is 2. The second-order valence-electron chi connectivity index (χ2n) is 8.12. The number of hydrogen-bond acceptors (Lipinski definition) is 6. The van der Waals surface area contributed by atoms with Crippen LogP contribution in [-0.4, -0.2) is 47.4 Å². The number of carbonyl (C=O) groups is 1. The number of ether oxygens (including phenoxy) is 1. The number of likely N-dealkylation sites (tertiary alicyclic amines) is 1. The van der Waals surface area contributed by atoms with Gasteiger partial charge in [-0.3, -0.25) is 9.79 Å². The third kappa shape index (κ3) is 3.57. The highest BCUT2D eigenvalue weighted by Gasteiger charge is 2.46. The Balaban J connectivity index is 1.35. The molecule has 33 heavy (non-hydrogen) atoms. The SMILES string of the molecule is CN=C1C(=CN)C2(CCN(C(=O)c3cc(-c4ccc(F)cc4)no3)CC2)Oc2ccccc21. The molecule has 1 fully saturated rings. The van der Waals surface area contributed by atoms with E-state index in [0.717, 1.165) is 22.6 Å². The second kappa shape index (κ2) is 8.20. The predicted molar refractivity (Wildman–Crippen MR) is 122 cm³/mol. The van der Waals surface area contributed by atoms with Crippen LogP contribution in [0.2, 0.25) is 0 Å². The van der Waals surface area contributed by atoms with E-state index in [1.807, 2.05) is 24.3 Å². The van der Waals surface area contributed by atoms with E-state index in [9.17, 15) is 9.18 Å². The smallest absolute Gasteiger partial charge is 0.292 e. The van der Waals surface area contributed by atoms with Crippen molar-refractivity contribution >= 4 is 11.6 Å². The topological polar surface area (TPSA) is 94.0 Å². The molecular formula is C25H23FN4O3. The number of aromatic nitrogens is 1. The minimum atomic E-state index is -0.643. The van der Waals surface area contributed by atoms with E-state index in [-0.39, 0.29) is 17.5 Å². The molecular weight excluding hydrogens is 423 g/mol. The van der Waals surface area contributed by atoms with E-state index < -0.39 is 5.60 Å². The van der Waals surface area contributed by atoms with Crippen molar-refractivity contribution in [2.24, 2.45) is 10.7 Å². The lowest BCUT2D eigenvalue weighted by molar-refractivity contribution is 0.0265. The third-order valence-corrected chi connectivity index (χ3v) is 6.30. The van der Waals surface area contributed by atoms with Gasteiger partial charge in [0.15, 0.2) is 0 Å². The van der Waals surface area contributed by atoms with Crippen molar-refractivity contribution in [1.82, 2.24) is 10.1 Å². The van der Waals surface area contributed by atoms with Crippen LogP contribution >= 0.6 is 0 Å². The Morgan fingerprint density at radius 1 is 1.18 bits per heavy atom. The molecule has 0 bridgehead atoms. The van der Waals surface area contributed by atoms with Crippen LogP contribution in [-0.2, 0) is 0 Å². The summed E-state index contributed by atoms with van der Waals surface area (Å²) in [5.41, 5.74) is 9.12. The maximum atomic E-state index is 13.2. The number of para-hydroxylation sites is 1. The summed E-state index contributed by atoms with van der Waals surface area (Å²) in [5.74, 6) is 0.327. The van der Waals surface area contributed by atoms with Crippen molar-refractivity contribution in [3.05, 3.63) is 83.5 Å². The van der Waals surface area contributed by atoms with Gasteiger partial charge in [-0.2, -0.15) is 0 Å². The number of hydrogen-bond donors (Lipinski definition) is 1. The van der Waals surface area contributed by atoms with Gasteiger partial charge in [0.2, 0.25) is 5.76 Å². The first-order valence-corrected chi connectivity index (χ1v) is 10.7. The fraction of sp³-hybridized carbons (Fsp3) is 0.240. The number of aliphatic imine (C=N–C) groups is 1. The number of carbonyl (C=O) groups excluding carboxylic acids is 1. The fourth-order valence-corrected chi connectivity index (χ4v) is 4.58. The number of nitrogens with two attached hydrogens (primary N) is 1. The van der Waals surface area contributed by atoms with Crippen molar-refractivity contribution in [2.75, 3.05) is 20.1 Å². The Labute approximate surface area is 190 Å². The van der Waals surface area contributed by atoms with Crippen LogP contribution in [0, 0.1) is 5.82 Å². The zero-order valence-corrected chi connectivity index (χ0v) is 18.1. The molecule has 0 unspecified atom stereocenters. The van der Waals surface area contributed by atoms with Gasteiger partial charge in [0.1, 0.15) is 22.9 Å². The Hall–Kier alpha value is -3.94. The summed E-state index contributed by atoms with van der Waals surface area (Å²) in [6.45, 7) is 0.920. The molecule has 1 aromatic heterocycles. The Bertz CT molecular complexity index is 1250. The van der Waals surface area contributed by atoms with Gasteiger partial charge in [-0.15, -0.1) is 0 Å². The molecule has 0 atom stereocenters. The molecule has 1 amide bonds. The number of rotatable bonds is 2. The van der Waals surface area contributed by atoms with E-state index in [4.69, 9.17) is 15.0 Å². The fourth-order valence-electron chi connectivity index (χ4n) is 4.58. The van der Waals surface area contributed by atoms with E-state index >= 15 is 0 Å². The lowest BCUT2D eigenvalue weighted by Crippen LogP contribution is -2.54. The lowest BCUT2D eigenvalue weighted by atomic mass is 9.78. The first-order valence-electron chi connectivity index (χ1n) is 10.7. The molecule has 2 aliphatic heterocycles. The van der Waals surface area contributed by atoms with Gasteiger partial charge in [-0.1, -0.05) is 17.3 Å². The van der Waals surface area contributed by atoms with Gasteiger partial charge in [0, 0.05) is 61.9 Å². The van der Waals surface area contributed by atoms with Gasteiger partial charge in [0.05, 0.1) is 5.71 Å². The predicted octanol–water partition coefficient (Wildman–Crippen LogP) is 3.81. The van der Waals surface area contributed by atoms with Crippen molar-refractivity contribution in [3.63, 3.8) is 0 Å². The summed E-state index contributed by atoms with van der Waals surface area (Å²) in [6.07, 6.45) is 2.70. The van der Waals surface area contributed by atoms with Crippen molar-refractivity contribution in [1.29, 1.82) is 0 Å². The monoisotopic (exact) mass is 446 g/mol. The van der Waals surface area contributed by atoms with Crippen LogP contribution in [0.3, 0.4) is 0 Å². The molecule has 0 aliphatic carbocycles. The maximum Gasteiger partial charge on any atom is 0.292 e. The molecule has 3 aromatic rings. The van der Waals surface area contributed by atoms with Crippen molar-refractivity contribution in [3.8, 4) is 17.0 Å². The number of fused-ring (bicyclic) bond motifs is 1. The zero-order chi connectivity index (χ0) is 23.0. The van der Waals surface area contributed by atoms with Gasteiger partial charge in [-0.05, 0) is 36.4 Å². The van der Waals surface area contributed by atoms with Crippen LogP contribution in [0.15, 0.2) is 75.9 Å². The highest BCUT2D eigenvalue weighted by Crippen LogP contribution is 2.42. The Morgan fingerprint density at radius 3 is 2.61 bits per heavy atom. The molecule has 0 radical (unpaired) electrons. The Morgan fingerprint density at radius 2 is 1.91 bits per heavy atom.